The van der Waals surface area contributed by atoms with E-state index in [0.717, 1.165) is 57.8 Å². The molecule has 61 heavy (non-hydrogen) atoms. The number of rotatable bonds is 46. The highest BCUT2D eigenvalue weighted by molar-refractivity contribution is 7.45. The van der Waals surface area contributed by atoms with E-state index >= 15 is 0 Å². The standard InChI is InChI=1S/C51H96NO8P/c1-6-8-10-12-14-16-18-20-22-23-24-25-26-27-28-29-30-32-34-36-38-40-42-44-51(54)60-49(48-59-61(55,56)58-46-45-52(3,4)5)47-57-50(53)43-41-39-37-35-33-31-21-19-17-15-13-11-9-7-2/h18,20,23-24,26-27,49H,6-17,19,21-22,25,28-48H2,1-5H3/b20-18-,24-23-,27-26-. The zero-order valence-corrected chi connectivity index (χ0v) is 41.3. The highest BCUT2D eigenvalue weighted by Gasteiger charge is 2.21. The number of likely N-dealkylation sites (N-methyl/N-ethyl adjacent to an activating group) is 1. The van der Waals surface area contributed by atoms with Crippen molar-refractivity contribution in [3.63, 3.8) is 0 Å². The first kappa shape index (κ1) is 59.2. The van der Waals surface area contributed by atoms with Crippen LogP contribution in [0.5, 0.6) is 0 Å². The van der Waals surface area contributed by atoms with Crippen LogP contribution < -0.4 is 4.89 Å². The third-order valence-electron chi connectivity index (χ3n) is 10.9. The van der Waals surface area contributed by atoms with Gasteiger partial charge in [-0.1, -0.05) is 198 Å². The Balaban J connectivity index is 4.25. The summed E-state index contributed by atoms with van der Waals surface area (Å²) in [5.41, 5.74) is 0. The Hall–Kier alpha value is -1.77. The van der Waals surface area contributed by atoms with Gasteiger partial charge in [-0.2, -0.15) is 0 Å². The van der Waals surface area contributed by atoms with Crippen LogP contribution in [0.25, 0.3) is 0 Å². The summed E-state index contributed by atoms with van der Waals surface area (Å²) in [6.45, 7) is 4.23. The zero-order valence-electron chi connectivity index (χ0n) is 40.4. The molecule has 0 N–H and O–H groups in total. The summed E-state index contributed by atoms with van der Waals surface area (Å²) in [6, 6.07) is 0. The van der Waals surface area contributed by atoms with Gasteiger partial charge in [0.25, 0.3) is 7.82 Å². The lowest BCUT2D eigenvalue weighted by Gasteiger charge is -2.28. The molecule has 0 aliphatic heterocycles. The molecule has 2 unspecified atom stereocenters. The lowest BCUT2D eigenvalue weighted by Crippen LogP contribution is -2.37. The number of hydrogen-bond acceptors (Lipinski definition) is 8. The van der Waals surface area contributed by atoms with E-state index in [2.05, 4.69) is 50.3 Å². The molecule has 2 atom stereocenters. The van der Waals surface area contributed by atoms with Crippen molar-refractivity contribution >= 4 is 19.8 Å². The first-order valence-corrected chi connectivity index (χ1v) is 26.7. The molecule has 0 saturated heterocycles. The first-order chi connectivity index (χ1) is 29.5. The number of quaternary nitrogens is 1. The van der Waals surface area contributed by atoms with Crippen molar-refractivity contribution < 1.29 is 42.1 Å². The third kappa shape index (κ3) is 47.5. The molecular formula is C51H96NO8P. The Kier molecular flexibility index (Phi) is 42.2. The van der Waals surface area contributed by atoms with E-state index in [9.17, 15) is 19.0 Å². The molecule has 10 heteroatoms. The Morgan fingerprint density at radius 1 is 0.508 bits per heavy atom. The second-order valence-electron chi connectivity index (χ2n) is 18.2. The summed E-state index contributed by atoms with van der Waals surface area (Å²) in [4.78, 5) is 37.7. The molecule has 358 valence electrons. The summed E-state index contributed by atoms with van der Waals surface area (Å²) in [5, 5.41) is 0. The summed E-state index contributed by atoms with van der Waals surface area (Å²) >= 11 is 0. The summed E-state index contributed by atoms with van der Waals surface area (Å²) in [7, 11) is 1.16. The molecule has 0 aromatic carbocycles. The van der Waals surface area contributed by atoms with Gasteiger partial charge in [0.05, 0.1) is 27.7 Å². The normalized spacial score (nSPS) is 13.7. The average molecular weight is 882 g/mol. The molecule has 0 aliphatic rings. The molecule has 0 spiro atoms. The van der Waals surface area contributed by atoms with Crippen molar-refractivity contribution in [1.82, 2.24) is 0 Å². The fraction of sp³-hybridized carbons (Fsp3) is 0.843. The monoisotopic (exact) mass is 882 g/mol. The van der Waals surface area contributed by atoms with Gasteiger partial charge in [0.2, 0.25) is 0 Å². The molecule has 0 radical (unpaired) electrons. The molecular weight excluding hydrogens is 786 g/mol. The van der Waals surface area contributed by atoms with Gasteiger partial charge in [-0.05, 0) is 51.4 Å². The van der Waals surface area contributed by atoms with Crippen LogP contribution in [-0.4, -0.2) is 70.0 Å². The van der Waals surface area contributed by atoms with Crippen LogP contribution >= 0.6 is 7.82 Å². The third-order valence-corrected chi connectivity index (χ3v) is 11.9. The van der Waals surface area contributed by atoms with E-state index in [1.807, 2.05) is 21.1 Å². The lowest BCUT2D eigenvalue weighted by molar-refractivity contribution is -0.870. The molecule has 0 heterocycles. The highest BCUT2D eigenvalue weighted by Crippen LogP contribution is 2.38. The van der Waals surface area contributed by atoms with Crippen LogP contribution in [-0.2, 0) is 32.7 Å². The van der Waals surface area contributed by atoms with E-state index < -0.39 is 26.5 Å². The number of nitrogens with zero attached hydrogens (tertiary/aromatic N) is 1. The smallest absolute Gasteiger partial charge is 0.306 e. The van der Waals surface area contributed by atoms with Crippen LogP contribution in [0.2, 0.25) is 0 Å². The van der Waals surface area contributed by atoms with E-state index in [0.29, 0.717) is 17.4 Å². The van der Waals surface area contributed by atoms with Crippen LogP contribution in [0.4, 0.5) is 0 Å². The van der Waals surface area contributed by atoms with Crippen molar-refractivity contribution in [2.45, 2.75) is 232 Å². The van der Waals surface area contributed by atoms with Gasteiger partial charge in [0.15, 0.2) is 6.10 Å². The number of allylic oxidation sites excluding steroid dienone is 6. The Morgan fingerprint density at radius 2 is 0.885 bits per heavy atom. The first-order valence-electron chi connectivity index (χ1n) is 25.2. The fourth-order valence-corrected chi connectivity index (χ4v) is 7.69. The molecule has 0 rings (SSSR count). The van der Waals surface area contributed by atoms with E-state index in [1.165, 1.54) is 135 Å². The molecule has 0 aromatic heterocycles. The minimum absolute atomic E-state index is 0.0315. The van der Waals surface area contributed by atoms with Crippen LogP contribution in [0, 0.1) is 0 Å². The maximum atomic E-state index is 12.7. The van der Waals surface area contributed by atoms with Gasteiger partial charge in [-0.25, -0.2) is 0 Å². The maximum absolute atomic E-state index is 12.7. The minimum atomic E-state index is -4.63. The van der Waals surface area contributed by atoms with E-state index in [-0.39, 0.29) is 32.0 Å². The molecule has 0 aliphatic carbocycles. The van der Waals surface area contributed by atoms with Crippen LogP contribution in [0.3, 0.4) is 0 Å². The van der Waals surface area contributed by atoms with Gasteiger partial charge in [-0.15, -0.1) is 0 Å². The average Bonchev–Trinajstić information content (AvgIpc) is 3.21. The van der Waals surface area contributed by atoms with Crippen molar-refractivity contribution in [1.29, 1.82) is 0 Å². The zero-order chi connectivity index (χ0) is 45.0. The van der Waals surface area contributed by atoms with E-state index in [1.54, 1.807) is 0 Å². The highest BCUT2D eigenvalue weighted by atomic mass is 31.2. The number of phosphoric ester groups is 1. The van der Waals surface area contributed by atoms with Crippen molar-refractivity contribution in [3.8, 4) is 0 Å². The quantitative estimate of drug-likeness (QED) is 0.0195. The lowest BCUT2D eigenvalue weighted by atomic mass is 10.0. The fourth-order valence-electron chi connectivity index (χ4n) is 6.96. The molecule has 0 fully saturated rings. The Bertz CT molecular complexity index is 1130. The number of hydrogen-bond donors (Lipinski definition) is 0. The number of carbonyl (C=O) groups is 2. The second kappa shape index (κ2) is 43.5. The number of phosphoric acid groups is 1. The molecule has 0 aromatic rings. The predicted octanol–water partition coefficient (Wildman–Crippen LogP) is 14.2. The van der Waals surface area contributed by atoms with Gasteiger partial charge in [0.1, 0.15) is 19.8 Å². The summed E-state index contributed by atoms with van der Waals surface area (Å²) in [6.07, 6.45) is 50.2. The predicted molar refractivity (Wildman–Crippen MR) is 254 cm³/mol. The largest absolute Gasteiger partial charge is 0.756 e. The number of unbranched alkanes of at least 4 members (excludes halogenated alkanes) is 26. The Morgan fingerprint density at radius 3 is 1.31 bits per heavy atom. The summed E-state index contributed by atoms with van der Waals surface area (Å²) < 4.78 is 34.0. The minimum Gasteiger partial charge on any atom is -0.756 e. The van der Waals surface area contributed by atoms with Gasteiger partial charge >= 0.3 is 11.9 Å². The molecule has 9 nitrogen and oxygen atoms in total. The van der Waals surface area contributed by atoms with Crippen LogP contribution in [0.15, 0.2) is 36.5 Å². The number of ether oxygens (including phenoxy) is 2. The van der Waals surface area contributed by atoms with Crippen molar-refractivity contribution in [2.24, 2.45) is 0 Å². The molecule has 0 saturated carbocycles. The van der Waals surface area contributed by atoms with Crippen molar-refractivity contribution in [3.05, 3.63) is 36.5 Å². The topological polar surface area (TPSA) is 111 Å². The molecule has 0 amide bonds. The van der Waals surface area contributed by atoms with E-state index in [4.69, 9.17) is 18.5 Å². The SMILES string of the molecule is CCCCCCC/C=C\C/C=C\C/C=C\CCCCCCCCCCC(=O)OC(COC(=O)CCCCCCCCCCCCCCCC)COP(=O)([O-])OCC[N+](C)(C)C. The maximum Gasteiger partial charge on any atom is 0.306 e. The number of esters is 2. The summed E-state index contributed by atoms with van der Waals surface area (Å²) in [5.74, 6) is -0.835. The van der Waals surface area contributed by atoms with Crippen molar-refractivity contribution in [2.75, 3.05) is 47.5 Å². The van der Waals surface area contributed by atoms with Gasteiger partial charge in [0, 0.05) is 12.8 Å². The number of carbonyl (C=O) groups excluding carboxylic acids is 2. The van der Waals surface area contributed by atoms with Crippen LogP contribution in [0.1, 0.15) is 226 Å². The Labute approximate surface area is 376 Å². The molecule has 0 bridgehead atoms. The van der Waals surface area contributed by atoms with Gasteiger partial charge in [-0.3, -0.25) is 14.2 Å². The van der Waals surface area contributed by atoms with Gasteiger partial charge < -0.3 is 27.9 Å². The second-order valence-corrected chi connectivity index (χ2v) is 19.6.